The Kier molecular flexibility index (Phi) is 6.67. The van der Waals surface area contributed by atoms with Gasteiger partial charge in [-0.05, 0) is 12.0 Å². The topological polar surface area (TPSA) is 75.4 Å². The highest BCUT2D eigenvalue weighted by atomic mass is 32.2. The molecule has 124 valence electrons. The van der Waals surface area contributed by atoms with E-state index in [1.807, 2.05) is 41.8 Å². The highest BCUT2D eigenvalue weighted by Crippen LogP contribution is 2.27. The molecule has 0 bridgehead atoms. The second kappa shape index (κ2) is 8.74. The van der Waals surface area contributed by atoms with Gasteiger partial charge in [-0.15, -0.1) is 0 Å². The number of nitrogens with zero attached hydrogens (tertiary/aromatic N) is 2. The molecule has 1 aromatic heterocycles. The van der Waals surface area contributed by atoms with Gasteiger partial charge in [0.05, 0.1) is 12.3 Å². The van der Waals surface area contributed by atoms with Gasteiger partial charge >= 0.3 is 5.97 Å². The lowest BCUT2D eigenvalue weighted by Gasteiger charge is -2.12. The predicted molar refractivity (Wildman–Crippen MR) is 90.5 cm³/mol. The first kappa shape index (κ1) is 17.6. The van der Waals surface area contributed by atoms with E-state index in [0.717, 1.165) is 18.4 Å². The summed E-state index contributed by atoms with van der Waals surface area (Å²) in [6.07, 6.45) is 4.23. The van der Waals surface area contributed by atoms with Gasteiger partial charge in [0.1, 0.15) is 5.25 Å². The monoisotopic (exact) mass is 334 g/mol. The summed E-state index contributed by atoms with van der Waals surface area (Å²) in [5.74, 6) is -0.816. The lowest BCUT2D eigenvalue weighted by molar-refractivity contribution is -0.136. The van der Waals surface area contributed by atoms with E-state index in [1.54, 1.807) is 6.20 Å². The summed E-state index contributed by atoms with van der Waals surface area (Å²) in [5.41, 5.74) is 1.67. The van der Waals surface area contributed by atoms with Crippen molar-refractivity contribution in [3.8, 4) is 0 Å². The second-order valence-corrected chi connectivity index (χ2v) is 6.54. The first-order valence-electron chi connectivity index (χ1n) is 7.74. The number of unbranched alkanes of at least 4 members (excludes halogenated alkanes) is 1. The maximum absolute atomic E-state index is 11.4. The van der Waals surface area contributed by atoms with Crippen molar-refractivity contribution in [3.05, 3.63) is 47.8 Å². The molecule has 23 heavy (non-hydrogen) atoms. The number of benzene rings is 1. The zero-order chi connectivity index (χ0) is 16.7. The number of carboxylic acids is 1. The van der Waals surface area contributed by atoms with Crippen molar-refractivity contribution >= 4 is 17.7 Å². The molecule has 5 nitrogen and oxygen atoms in total. The van der Waals surface area contributed by atoms with E-state index >= 15 is 0 Å². The number of aliphatic hydroxyl groups excluding tert-OH is 1. The Bertz CT molecular complexity index is 628. The third-order valence-electron chi connectivity index (χ3n) is 3.49. The van der Waals surface area contributed by atoms with E-state index in [1.165, 1.54) is 11.8 Å². The zero-order valence-corrected chi connectivity index (χ0v) is 14.0. The van der Waals surface area contributed by atoms with Crippen LogP contribution < -0.4 is 0 Å². The van der Waals surface area contributed by atoms with Gasteiger partial charge in [0, 0.05) is 12.7 Å². The number of rotatable bonds is 9. The van der Waals surface area contributed by atoms with Gasteiger partial charge in [-0.2, -0.15) is 0 Å². The van der Waals surface area contributed by atoms with Crippen LogP contribution in [0.4, 0.5) is 0 Å². The molecule has 0 aliphatic rings. The average Bonchev–Trinajstić information content (AvgIpc) is 2.94. The minimum atomic E-state index is -0.816. The summed E-state index contributed by atoms with van der Waals surface area (Å²) in [6.45, 7) is 2.50. The summed E-state index contributed by atoms with van der Waals surface area (Å²) in [7, 11) is 0. The molecule has 0 amide bonds. The Morgan fingerprint density at radius 3 is 2.70 bits per heavy atom. The van der Waals surface area contributed by atoms with Crippen LogP contribution in [0.3, 0.4) is 0 Å². The molecular weight excluding hydrogens is 312 g/mol. The minimum absolute atomic E-state index is 0.151. The maximum atomic E-state index is 11.4. The highest BCUT2D eigenvalue weighted by molar-refractivity contribution is 8.00. The molecule has 2 N–H and O–H groups in total. The number of carboxylic acid groups (broad SMARTS) is 1. The van der Waals surface area contributed by atoms with Crippen molar-refractivity contribution in [3.63, 3.8) is 0 Å². The van der Waals surface area contributed by atoms with Crippen LogP contribution in [0.25, 0.3) is 0 Å². The van der Waals surface area contributed by atoms with E-state index in [-0.39, 0.29) is 6.61 Å². The molecule has 1 unspecified atom stereocenters. The van der Waals surface area contributed by atoms with Crippen molar-refractivity contribution in [2.24, 2.45) is 0 Å². The fourth-order valence-electron chi connectivity index (χ4n) is 2.26. The molecule has 1 atom stereocenters. The molecular formula is C17H22N2O3S. The Labute approximate surface area is 140 Å². The molecule has 0 radical (unpaired) electrons. The number of thioether (sulfide) groups is 1. The second-order valence-electron chi connectivity index (χ2n) is 5.37. The van der Waals surface area contributed by atoms with E-state index < -0.39 is 11.2 Å². The Balaban J connectivity index is 2.19. The Hall–Kier alpha value is -1.79. The van der Waals surface area contributed by atoms with Crippen molar-refractivity contribution in [1.82, 2.24) is 9.55 Å². The summed E-state index contributed by atoms with van der Waals surface area (Å²) in [4.78, 5) is 15.8. The van der Waals surface area contributed by atoms with Gasteiger partial charge in [-0.25, -0.2) is 4.98 Å². The van der Waals surface area contributed by atoms with Crippen LogP contribution in [0.15, 0.2) is 41.7 Å². The Morgan fingerprint density at radius 1 is 1.35 bits per heavy atom. The number of aliphatic hydroxyl groups is 1. The Morgan fingerprint density at radius 2 is 2.09 bits per heavy atom. The van der Waals surface area contributed by atoms with E-state index in [2.05, 4.69) is 4.98 Å². The quantitative estimate of drug-likeness (QED) is 0.689. The van der Waals surface area contributed by atoms with Gasteiger partial charge in [0.15, 0.2) is 5.16 Å². The van der Waals surface area contributed by atoms with Gasteiger partial charge in [-0.1, -0.05) is 61.9 Å². The van der Waals surface area contributed by atoms with Crippen LogP contribution in [0.1, 0.15) is 37.4 Å². The first-order valence-corrected chi connectivity index (χ1v) is 8.62. The van der Waals surface area contributed by atoms with Crippen LogP contribution in [0.2, 0.25) is 0 Å². The van der Waals surface area contributed by atoms with Gasteiger partial charge < -0.3 is 14.8 Å². The molecule has 0 fully saturated rings. The number of imidazole rings is 1. The van der Waals surface area contributed by atoms with Crippen LogP contribution in [-0.4, -0.2) is 31.0 Å². The van der Waals surface area contributed by atoms with Crippen molar-refractivity contribution < 1.29 is 15.0 Å². The molecule has 0 aliphatic carbocycles. The van der Waals surface area contributed by atoms with Gasteiger partial charge in [0.2, 0.25) is 0 Å². The third-order valence-corrected chi connectivity index (χ3v) is 4.75. The number of hydrogen-bond acceptors (Lipinski definition) is 4. The lowest BCUT2D eigenvalue weighted by Crippen LogP contribution is -2.17. The van der Waals surface area contributed by atoms with Crippen LogP contribution in [0, 0.1) is 0 Å². The fourth-order valence-corrected chi connectivity index (χ4v) is 3.33. The largest absolute Gasteiger partial charge is 0.480 e. The molecule has 1 aromatic carbocycles. The standard InChI is InChI=1S/C17H22N2O3S/c1-2-3-9-15(16(21)22)23-17-18-14(12-20)11-19(17)10-13-7-5-4-6-8-13/h4-8,11,15,20H,2-3,9-10,12H2,1H3,(H,21,22). The molecule has 0 saturated heterocycles. The molecule has 0 spiro atoms. The zero-order valence-electron chi connectivity index (χ0n) is 13.2. The number of aliphatic carboxylic acids is 1. The molecule has 0 saturated carbocycles. The molecule has 0 aliphatic heterocycles. The van der Waals surface area contributed by atoms with Gasteiger partial charge in [0.25, 0.3) is 0 Å². The fraction of sp³-hybridized carbons (Fsp3) is 0.412. The summed E-state index contributed by atoms with van der Waals surface area (Å²) < 4.78 is 1.91. The highest BCUT2D eigenvalue weighted by Gasteiger charge is 2.21. The lowest BCUT2D eigenvalue weighted by atomic mass is 10.2. The first-order chi connectivity index (χ1) is 11.1. The maximum Gasteiger partial charge on any atom is 0.317 e. The van der Waals surface area contributed by atoms with E-state index in [4.69, 9.17) is 0 Å². The molecule has 2 aromatic rings. The average molecular weight is 334 g/mol. The summed E-state index contributed by atoms with van der Waals surface area (Å²) in [5, 5.41) is 18.8. The normalized spacial score (nSPS) is 12.3. The summed E-state index contributed by atoms with van der Waals surface area (Å²) >= 11 is 1.26. The molecule has 2 rings (SSSR count). The van der Waals surface area contributed by atoms with Crippen molar-refractivity contribution in [1.29, 1.82) is 0 Å². The minimum Gasteiger partial charge on any atom is -0.480 e. The predicted octanol–water partition coefficient (Wildman–Crippen LogP) is 3.16. The number of aromatic nitrogens is 2. The SMILES string of the molecule is CCCCC(Sc1nc(CO)cn1Cc1ccccc1)C(=O)O. The smallest absolute Gasteiger partial charge is 0.317 e. The summed E-state index contributed by atoms with van der Waals surface area (Å²) in [6, 6.07) is 9.91. The third kappa shape index (κ3) is 5.11. The van der Waals surface area contributed by atoms with Crippen LogP contribution >= 0.6 is 11.8 Å². The van der Waals surface area contributed by atoms with Crippen LogP contribution in [0.5, 0.6) is 0 Å². The van der Waals surface area contributed by atoms with E-state index in [0.29, 0.717) is 23.8 Å². The number of carbonyl (C=O) groups is 1. The molecule has 1 heterocycles. The van der Waals surface area contributed by atoms with Crippen molar-refractivity contribution in [2.75, 3.05) is 0 Å². The molecule has 6 heteroatoms. The van der Waals surface area contributed by atoms with Crippen LogP contribution in [-0.2, 0) is 17.9 Å². The van der Waals surface area contributed by atoms with E-state index in [9.17, 15) is 15.0 Å². The van der Waals surface area contributed by atoms with Gasteiger partial charge in [-0.3, -0.25) is 4.79 Å². The number of hydrogen-bond donors (Lipinski definition) is 2. The van der Waals surface area contributed by atoms with Crippen molar-refractivity contribution in [2.45, 2.75) is 49.7 Å².